The first-order chi connectivity index (χ1) is 10.3. The minimum atomic E-state index is -0.183. The van der Waals surface area contributed by atoms with Crippen LogP contribution in [0.25, 0.3) is 0 Å². The quantitative estimate of drug-likeness (QED) is 0.935. The molecular formula is C16H12N2O3. The molecule has 0 aliphatic carbocycles. The second-order valence-electron chi connectivity index (χ2n) is 4.56. The molecule has 0 spiro atoms. The van der Waals surface area contributed by atoms with E-state index in [1.54, 1.807) is 24.3 Å². The minimum absolute atomic E-state index is 0.183. The molecule has 3 rings (SSSR count). The van der Waals surface area contributed by atoms with Crippen molar-refractivity contribution in [1.29, 1.82) is 5.26 Å². The lowest BCUT2D eigenvalue weighted by Crippen LogP contribution is -2.22. The van der Waals surface area contributed by atoms with Crippen LogP contribution in [0.1, 0.15) is 21.5 Å². The van der Waals surface area contributed by atoms with Crippen LogP contribution in [-0.4, -0.2) is 12.7 Å². The van der Waals surface area contributed by atoms with Gasteiger partial charge in [-0.15, -0.1) is 0 Å². The number of hydrogen-bond donors (Lipinski definition) is 1. The molecule has 0 saturated heterocycles. The minimum Gasteiger partial charge on any atom is -0.454 e. The number of nitrogens with zero attached hydrogens (tertiary/aromatic N) is 1. The van der Waals surface area contributed by atoms with Gasteiger partial charge < -0.3 is 14.8 Å². The van der Waals surface area contributed by atoms with E-state index < -0.39 is 0 Å². The highest BCUT2D eigenvalue weighted by atomic mass is 16.7. The molecule has 2 aromatic carbocycles. The number of nitriles is 1. The predicted molar refractivity (Wildman–Crippen MR) is 74.9 cm³/mol. The molecule has 1 amide bonds. The SMILES string of the molecule is N#Cc1ccc(C(=O)NCc2ccc3c(c2)OCO3)cc1. The summed E-state index contributed by atoms with van der Waals surface area (Å²) in [5, 5.41) is 11.5. The van der Waals surface area contributed by atoms with Gasteiger partial charge in [-0.25, -0.2) is 0 Å². The van der Waals surface area contributed by atoms with Gasteiger partial charge in [0.15, 0.2) is 11.5 Å². The Morgan fingerprint density at radius 1 is 1.14 bits per heavy atom. The smallest absolute Gasteiger partial charge is 0.251 e. The van der Waals surface area contributed by atoms with Crippen LogP contribution in [0, 0.1) is 11.3 Å². The molecule has 0 atom stereocenters. The van der Waals surface area contributed by atoms with Crippen LogP contribution in [0.15, 0.2) is 42.5 Å². The maximum absolute atomic E-state index is 12.0. The maximum Gasteiger partial charge on any atom is 0.251 e. The Morgan fingerprint density at radius 2 is 1.90 bits per heavy atom. The van der Waals surface area contributed by atoms with Crippen molar-refractivity contribution in [1.82, 2.24) is 5.32 Å². The summed E-state index contributed by atoms with van der Waals surface area (Å²) in [5.74, 6) is 1.23. The Balaban J connectivity index is 1.64. The third-order valence-electron chi connectivity index (χ3n) is 3.17. The average Bonchev–Trinajstić information content (AvgIpc) is 3.00. The second kappa shape index (κ2) is 5.55. The van der Waals surface area contributed by atoms with E-state index >= 15 is 0 Å². The fraction of sp³-hybridized carbons (Fsp3) is 0.125. The Labute approximate surface area is 121 Å². The number of rotatable bonds is 3. The topological polar surface area (TPSA) is 71.4 Å². The molecule has 1 N–H and O–H groups in total. The average molecular weight is 280 g/mol. The summed E-state index contributed by atoms with van der Waals surface area (Å²) in [5.41, 5.74) is 1.98. The van der Waals surface area contributed by atoms with Crippen LogP contribution in [0.3, 0.4) is 0 Å². The monoisotopic (exact) mass is 280 g/mol. The number of hydrogen-bond acceptors (Lipinski definition) is 4. The third-order valence-corrected chi connectivity index (χ3v) is 3.17. The maximum atomic E-state index is 12.0. The summed E-state index contributed by atoms with van der Waals surface area (Å²) >= 11 is 0. The molecule has 0 aromatic heterocycles. The lowest BCUT2D eigenvalue weighted by molar-refractivity contribution is 0.0951. The van der Waals surface area contributed by atoms with E-state index in [0.29, 0.717) is 23.4 Å². The zero-order valence-electron chi connectivity index (χ0n) is 11.1. The van der Waals surface area contributed by atoms with Crippen LogP contribution >= 0.6 is 0 Å². The molecule has 1 heterocycles. The first-order valence-corrected chi connectivity index (χ1v) is 6.43. The Bertz CT molecular complexity index is 717. The van der Waals surface area contributed by atoms with Gasteiger partial charge in [0.2, 0.25) is 6.79 Å². The van der Waals surface area contributed by atoms with Crippen molar-refractivity contribution < 1.29 is 14.3 Å². The number of amides is 1. The van der Waals surface area contributed by atoms with Crippen LogP contribution in [0.4, 0.5) is 0 Å². The molecule has 0 bridgehead atoms. The lowest BCUT2D eigenvalue weighted by atomic mass is 10.1. The normalized spacial score (nSPS) is 11.8. The summed E-state index contributed by atoms with van der Waals surface area (Å²) in [6.45, 7) is 0.631. The fourth-order valence-electron chi connectivity index (χ4n) is 2.03. The van der Waals surface area contributed by atoms with E-state index in [4.69, 9.17) is 14.7 Å². The first-order valence-electron chi connectivity index (χ1n) is 6.43. The molecule has 0 fully saturated rings. The largest absolute Gasteiger partial charge is 0.454 e. The highest BCUT2D eigenvalue weighted by molar-refractivity contribution is 5.94. The zero-order chi connectivity index (χ0) is 14.7. The van der Waals surface area contributed by atoms with Crippen molar-refractivity contribution in [3.8, 4) is 17.6 Å². The van der Waals surface area contributed by atoms with Gasteiger partial charge in [0, 0.05) is 12.1 Å². The Hall–Kier alpha value is -3.00. The van der Waals surface area contributed by atoms with E-state index in [1.807, 2.05) is 24.3 Å². The number of ether oxygens (including phenoxy) is 2. The van der Waals surface area contributed by atoms with Gasteiger partial charge in [0.05, 0.1) is 11.6 Å². The van der Waals surface area contributed by atoms with Crippen molar-refractivity contribution in [3.63, 3.8) is 0 Å². The van der Waals surface area contributed by atoms with E-state index in [1.165, 1.54) is 0 Å². The zero-order valence-corrected chi connectivity index (χ0v) is 11.1. The molecule has 1 aliphatic rings. The number of carbonyl (C=O) groups is 1. The van der Waals surface area contributed by atoms with E-state index in [-0.39, 0.29) is 12.7 Å². The number of fused-ring (bicyclic) bond motifs is 1. The lowest BCUT2D eigenvalue weighted by Gasteiger charge is -2.06. The van der Waals surface area contributed by atoms with E-state index in [2.05, 4.69) is 5.32 Å². The first kappa shape index (κ1) is 13.0. The van der Waals surface area contributed by atoms with Gasteiger partial charge in [-0.2, -0.15) is 5.26 Å². The van der Waals surface area contributed by atoms with Gasteiger partial charge in [-0.3, -0.25) is 4.79 Å². The summed E-state index contributed by atoms with van der Waals surface area (Å²) in [6, 6.07) is 14.1. The fourth-order valence-corrected chi connectivity index (χ4v) is 2.03. The molecule has 104 valence electrons. The number of carbonyl (C=O) groups excluding carboxylic acids is 1. The molecule has 5 heteroatoms. The molecule has 5 nitrogen and oxygen atoms in total. The highest BCUT2D eigenvalue weighted by Crippen LogP contribution is 2.32. The Kier molecular flexibility index (Phi) is 3.44. The molecular weight excluding hydrogens is 268 g/mol. The summed E-state index contributed by atoms with van der Waals surface area (Å²) in [4.78, 5) is 12.0. The van der Waals surface area contributed by atoms with Crippen molar-refractivity contribution in [2.24, 2.45) is 0 Å². The Morgan fingerprint density at radius 3 is 2.67 bits per heavy atom. The number of nitrogens with one attached hydrogen (secondary N) is 1. The second-order valence-corrected chi connectivity index (χ2v) is 4.56. The van der Waals surface area contributed by atoms with Crippen molar-refractivity contribution in [3.05, 3.63) is 59.2 Å². The van der Waals surface area contributed by atoms with Gasteiger partial charge in [0.1, 0.15) is 0 Å². The molecule has 2 aromatic rings. The standard InChI is InChI=1S/C16H12N2O3/c17-8-11-1-4-13(5-2-11)16(19)18-9-12-3-6-14-15(7-12)21-10-20-14/h1-7H,9-10H2,(H,18,19). The predicted octanol–water partition coefficient (Wildman–Crippen LogP) is 2.22. The van der Waals surface area contributed by atoms with E-state index in [0.717, 1.165) is 11.3 Å². The molecule has 1 aliphatic heterocycles. The van der Waals surface area contributed by atoms with Gasteiger partial charge in [0.25, 0.3) is 5.91 Å². The number of benzene rings is 2. The van der Waals surface area contributed by atoms with Crippen molar-refractivity contribution in [2.45, 2.75) is 6.54 Å². The summed E-state index contributed by atoms with van der Waals surface area (Å²) < 4.78 is 10.5. The molecule has 21 heavy (non-hydrogen) atoms. The van der Waals surface area contributed by atoms with Crippen molar-refractivity contribution >= 4 is 5.91 Å². The van der Waals surface area contributed by atoms with Crippen molar-refractivity contribution in [2.75, 3.05) is 6.79 Å². The third kappa shape index (κ3) is 2.79. The van der Waals surface area contributed by atoms with Gasteiger partial charge in [-0.05, 0) is 42.0 Å². The summed E-state index contributed by atoms with van der Waals surface area (Å²) in [6.07, 6.45) is 0. The van der Waals surface area contributed by atoms with E-state index in [9.17, 15) is 4.79 Å². The molecule has 0 saturated carbocycles. The van der Waals surface area contributed by atoms with Crippen LogP contribution in [-0.2, 0) is 6.54 Å². The molecule has 0 radical (unpaired) electrons. The van der Waals surface area contributed by atoms with Crippen LogP contribution in [0.5, 0.6) is 11.5 Å². The van der Waals surface area contributed by atoms with Gasteiger partial charge in [-0.1, -0.05) is 6.07 Å². The van der Waals surface area contributed by atoms with Gasteiger partial charge >= 0.3 is 0 Å². The van der Waals surface area contributed by atoms with Crippen LogP contribution < -0.4 is 14.8 Å². The highest BCUT2D eigenvalue weighted by Gasteiger charge is 2.13. The molecule has 0 unspecified atom stereocenters. The van der Waals surface area contributed by atoms with Crippen LogP contribution in [0.2, 0.25) is 0 Å². The summed E-state index contributed by atoms with van der Waals surface area (Å²) in [7, 11) is 0.